The molecule has 130 valence electrons. The van der Waals surface area contributed by atoms with E-state index < -0.39 is 0 Å². The molecule has 1 aromatic rings. The average molecular weight is 320 g/mol. The SMILES string of the molecule is CCOCCNC(=NC)NCc1cccc(CN(CC)CC)c1. The van der Waals surface area contributed by atoms with Gasteiger partial charge in [-0.25, -0.2) is 0 Å². The first kappa shape index (κ1) is 19.5. The second kappa shape index (κ2) is 11.9. The highest BCUT2D eigenvalue weighted by molar-refractivity contribution is 5.79. The summed E-state index contributed by atoms with van der Waals surface area (Å²) in [5.74, 6) is 0.804. The number of nitrogens with zero attached hydrogens (tertiary/aromatic N) is 2. The van der Waals surface area contributed by atoms with Crippen molar-refractivity contribution >= 4 is 5.96 Å². The van der Waals surface area contributed by atoms with Crippen LogP contribution in [0.3, 0.4) is 0 Å². The highest BCUT2D eigenvalue weighted by Crippen LogP contribution is 2.08. The van der Waals surface area contributed by atoms with Crippen LogP contribution in [0.15, 0.2) is 29.3 Å². The van der Waals surface area contributed by atoms with E-state index in [0.29, 0.717) is 6.61 Å². The molecule has 0 bridgehead atoms. The highest BCUT2D eigenvalue weighted by atomic mass is 16.5. The van der Waals surface area contributed by atoms with Crippen LogP contribution in [0.1, 0.15) is 31.9 Å². The Balaban J connectivity index is 2.47. The molecule has 1 aromatic carbocycles. The zero-order valence-corrected chi connectivity index (χ0v) is 15.1. The number of rotatable bonds is 10. The Morgan fingerprint density at radius 1 is 1.13 bits per heavy atom. The van der Waals surface area contributed by atoms with Crippen molar-refractivity contribution in [1.29, 1.82) is 0 Å². The number of benzene rings is 1. The lowest BCUT2D eigenvalue weighted by atomic mass is 10.1. The zero-order chi connectivity index (χ0) is 16.9. The van der Waals surface area contributed by atoms with Crippen molar-refractivity contribution in [1.82, 2.24) is 15.5 Å². The number of hydrogen-bond acceptors (Lipinski definition) is 3. The van der Waals surface area contributed by atoms with E-state index >= 15 is 0 Å². The molecule has 23 heavy (non-hydrogen) atoms. The smallest absolute Gasteiger partial charge is 0.191 e. The third kappa shape index (κ3) is 8.00. The molecular weight excluding hydrogens is 288 g/mol. The molecule has 0 aliphatic carbocycles. The van der Waals surface area contributed by atoms with Gasteiger partial charge in [-0.1, -0.05) is 38.1 Å². The summed E-state index contributed by atoms with van der Waals surface area (Å²) in [5, 5.41) is 6.59. The van der Waals surface area contributed by atoms with Crippen LogP contribution >= 0.6 is 0 Å². The monoisotopic (exact) mass is 320 g/mol. The maximum atomic E-state index is 5.32. The summed E-state index contributed by atoms with van der Waals surface area (Å²) < 4.78 is 5.32. The molecule has 2 N–H and O–H groups in total. The molecule has 0 amide bonds. The standard InChI is InChI=1S/C18H32N4O/c1-5-22(6-2)15-17-10-8-9-16(13-17)14-21-18(19-4)20-11-12-23-7-3/h8-10,13H,5-7,11-12,14-15H2,1-4H3,(H2,19,20,21). The van der Waals surface area contributed by atoms with E-state index in [1.807, 2.05) is 6.92 Å². The molecule has 0 saturated heterocycles. The Hall–Kier alpha value is -1.59. The van der Waals surface area contributed by atoms with Gasteiger partial charge in [0, 0.05) is 33.3 Å². The second-order valence-electron chi connectivity index (χ2n) is 5.33. The number of aliphatic imine (C=N–C) groups is 1. The molecule has 0 heterocycles. The minimum atomic E-state index is 0.691. The van der Waals surface area contributed by atoms with Crippen molar-refractivity contribution in [3.63, 3.8) is 0 Å². The molecule has 5 nitrogen and oxygen atoms in total. The molecule has 1 rings (SSSR count). The summed E-state index contributed by atoms with van der Waals surface area (Å²) in [7, 11) is 1.78. The Morgan fingerprint density at radius 3 is 2.52 bits per heavy atom. The van der Waals surface area contributed by atoms with E-state index in [1.165, 1.54) is 11.1 Å². The second-order valence-corrected chi connectivity index (χ2v) is 5.33. The molecule has 0 unspecified atom stereocenters. The molecular formula is C18H32N4O. The van der Waals surface area contributed by atoms with Gasteiger partial charge in [0.15, 0.2) is 5.96 Å². The van der Waals surface area contributed by atoms with Gasteiger partial charge < -0.3 is 15.4 Å². The molecule has 0 aromatic heterocycles. The molecule has 5 heteroatoms. The van der Waals surface area contributed by atoms with E-state index in [0.717, 1.165) is 45.3 Å². The fourth-order valence-electron chi connectivity index (χ4n) is 2.34. The van der Waals surface area contributed by atoms with Gasteiger partial charge in [-0.05, 0) is 31.1 Å². The van der Waals surface area contributed by atoms with E-state index in [-0.39, 0.29) is 0 Å². The Kier molecular flexibility index (Phi) is 10.1. The number of ether oxygens (including phenoxy) is 1. The predicted molar refractivity (Wildman–Crippen MR) is 97.8 cm³/mol. The fraction of sp³-hybridized carbons (Fsp3) is 0.611. The van der Waals surface area contributed by atoms with Gasteiger partial charge in [-0.3, -0.25) is 9.89 Å². The summed E-state index contributed by atoms with van der Waals surface area (Å²) in [6.07, 6.45) is 0. The largest absolute Gasteiger partial charge is 0.380 e. The zero-order valence-electron chi connectivity index (χ0n) is 15.1. The van der Waals surface area contributed by atoms with Crippen LogP contribution in [0.4, 0.5) is 0 Å². The Bertz CT molecular complexity index is 458. The lowest BCUT2D eigenvalue weighted by molar-refractivity contribution is 0.152. The normalized spacial score (nSPS) is 11.8. The molecule has 0 aliphatic heterocycles. The van der Waals surface area contributed by atoms with Crippen molar-refractivity contribution in [2.45, 2.75) is 33.9 Å². The molecule has 0 aliphatic rings. The molecule has 0 radical (unpaired) electrons. The fourth-order valence-corrected chi connectivity index (χ4v) is 2.34. The van der Waals surface area contributed by atoms with Crippen molar-refractivity contribution in [3.05, 3.63) is 35.4 Å². The van der Waals surface area contributed by atoms with Crippen LogP contribution < -0.4 is 10.6 Å². The number of guanidine groups is 1. The maximum Gasteiger partial charge on any atom is 0.191 e. The van der Waals surface area contributed by atoms with Gasteiger partial charge in [-0.2, -0.15) is 0 Å². The van der Waals surface area contributed by atoms with Crippen LogP contribution in [-0.2, 0) is 17.8 Å². The van der Waals surface area contributed by atoms with Gasteiger partial charge in [0.1, 0.15) is 0 Å². The number of nitrogens with one attached hydrogen (secondary N) is 2. The van der Waals surface area contributed by atoms with Gasteiger partial charge in [-0.15, -0.1) is 0 Å². The maximum absolute atomic E-state index is 5.32. The van der Waals surface area contributed by atoms with Crippen molar-refractivity contribution in [2.24, 2.45) is 4.99 Å². The molecule has 0 saturated carbocycles. The first-order valence-electron chi connectivity index (χ1n) is 8.55. The summed E-state index contributed by atoms with van der Waals surface area (Å²) >= 11 is 0. The van der Waals surface area contributed by atoms with Gasteiger partial charge >= 0.3 is 0 Å². The van der Waals surface area contributed by atoms with Crippen LogP contribution in [0.2, 0.25) is 0 Å². The number of hydrogen-bond donors (Lipinski definition) is 2. The van der Waals surface area contributed by atoms with Crippen molar-refractivity contribution in [3.8, 4) is 0 Å². The minimum Gasteiger partial charge on any atom is -0.380 e. The van der Waals surface area contributed by atoms with Gasteiger partial charge in [0.25, 0.3) is 0 Å². The van der Waals surface area contributed by atoms with E-state index in [4.69, 9.17) is 4.74 Å². The van der Waals surface area contributed by atoms with Gasteiger partial charge in [0.2, 0.25) is 0 Å². The minimum absolute atomic E-state index is 0.691. The van der Waals surface area contributed by atoms with Crippen LogP contribution in [-0.4, -0.2) is 50.8 Å². The van der Waals surface area contributed by atoms with E-state index in [9.17, 15) is 0 Å². The van der Waals surface area contributed by atoms with Crippen LogP contribution in [0.5, 0.6) is 0 Å². The van der Waals surface area contributed by atoms with Crippen LogP contribution in [0, 0.1) is 0 Å². The van der Waals surface area contributed by atoms with Crippen LogP contribution in [0.25, 0.3) is 0 Å². The summed E-state index contributed by atoms with van der Waals surface area (Å²) in [6, 6.07) is 8.73. The molecule has 0 atom stereocenters. The van der Waals surface area contributed by atoms with Crippen molar-refractivity contribution < 1.29 is 4.74 Å². The topological polar surface area (TPSA) is 48.9 Å². The Morgan fingerprint density at radius 2 is 1.87 bits per heavy atom. The third-order valence-electron chi connectivity index (χ3n) is 3.72. The average Bonchev–Trinajstić information content (AvgIpc) is 2.59. The van der Waals surface area contributed by atoms with Gasteiger partial charge in [0.05, 0.1) is 6.61 Å². The molecule has 0 fully saturated rings. The Labute approximate surface area is 141 Å². The van der Waals surface area contributed by atoms with Crippen molar-refractivity contribution in [2.75, 3.05) is 39.9 Å². The summed E-state index contributed by atoms with van der Waals surface area (Å²) in [5.41, 5.74) is 2.62. The first-order valence-corrected chi connectivity index (χ1v) is 8.55. The highest BCUT2D eigenvalue weighted by Gasteiger charge is 2.03. The first-order chi connectivity index (χ1) is 11.2. The molecule has 0 spiro atoms. The summed E-state index contributed by atoms with van der Waals surface area (Å²) in [6.45, 7) is 12.5. The van der Waals surface area contributed by atoms with E-state index in [2.05, 4.69) is 58.6 Å². The summed E-state index contributed by atoms with van der Waals surface area (Å²) in [4.78, 5) is 6.65. The van der Waals surface area contributed by atoms with E-state index in [1.54, 1.807) is 7.05 Å². The lowest BCUT2D eigenvalue weighted by Gasteiger charge is -2.18. The lowest BCUT2D eigenvalue weighted by Crippen LogP contribution is -2.38. The third-order valence-corrected chi connectivity index (χ3v) is 3.72. The predicted octanol–water partition coefficient (Wildman–Crippen LogP) is 2.23. The quantitative estimate of drug-likeness (QED) is 0.394.